The van der Waals surface area contributed by atoms with Gasteiger partial charge in [-0.3, -0.25) is 9.20 Å². The van der Waals surface area contributed by atoms with Gasteiger partial charge in [-0.05, 0) is 48.9 Å². The van der Waals surface area contributed by atoms with Gasteiger partial charge < -0.3 is 10.1 Å². The number of aryl methyl sites for hydroxylation is 1. The molecule has 0 aliphatic rings. The van der Waals surface area contributed by atoms with E-state index in [0.29, 0.717) is 28.5 Å². The van der Waals surface area contributed by atoms with E-state index in [1.54, 1.807) is 37.4 Å². The number of nitrogens with one attached hydrogen (secondary N) is 1. The maximum absolute atomic E-state index is 13.8. The molecule has 4 aromatic rings. The Kier molecular flexibility index (Phi) is 4.49. The van der Waals surface area contributed by atoms with E-state index < -0.39 is 11.7 Å². The molecule has 1 N–H and O–H groups in total. The first-order valence-corrected chi connectivity index (χ1v) is 8.61. The predicted molar refractivity (Wildman–Crippen MR) is 104 cm³/mol. The number of nitrogens with zero attached hydrogens (tertiary/aromatic N) is 3. The zero-order chi connectivity index (χ0) is 19.7. The van der Waals surface area contributed by atoms with Crippen LogP contribution >= 0.6 is 0 Å². The van der Waals surface area contributed by atoms with Crippen LogP contribution in [0, 0.1) is 12.7 Å². The van der Waals surface area contributed by atoms with Gasteiger partial charge in [-0.15, -0.1) is 0 Å². The molecule has 2 aromatic carbocycles. The second-order valence-corrected chi connectivity index (χ2v) is 6.29. The second kappa shape index (κ2) is 7.11. The lowest BCUT2D eigenvalue weighted by Crippen LogP contribution is -2.13. The fourth-order valence-electron chi connectivity index (χ4n) is 2.86. The average Bonchev–Trinajstić information content (AvgIpc) is 3.14. The molecule has 2 heterocycles. The largest absolute Gasteiger partial charge is 0.495 e. The topological polar surface area (TPSA) is 68.5 Å². The van der Waals surface area contributed by atoms with Crippen molar-refractivity contribution in [3.63, 3.8) is 0 Å². The summed E-state index contributed by atoms with van der Waals surface area (Å²) in [5.74, 6) is 0.220. The molecular formula is C21H17FN4O2. The van der Waals surface area contributed by atoms with Crippen LogP contribution in [0.15, 0.2) is 61.1 Å². The summed E-state index contributed by atoms with van der Waals surface area (Å²) in [4.78, 5) is 21.3. The maximum Gasteiger partial charge on any atom is 0.255 e. The van der Waals surface area contributed by atoms with Crippen LogP contribution in [-0.2, 0) is 0 Å². The number of benzene rings is 2. The summed E-state index contributed by atoms with van der Waals surface area (Å²) in [6.07, 6.45) is 5.38. The summed E-state index contributed by atoms with van der Waals surface area (Å²) >= 11 is 0. The summed E-state index contributed by atoms with van der Waals surface area (Å²) in [6.45, 7) is 1.65. The van der Waals surface area contributed by atoms with Gasteiger partial charge in [0.2, 0.25) is 5.78 Å². The van der Waals surface area contributed by atoms with Crippen molar-refractivity contribution in [2.75, 3.05) is 12.4 Å². The molecule has 0 unspecified atom stereocenters. The van der Waals surface area contributed by atoms with Crippen molar-refractivity contribution in [3.05, 3.63) is 78.0 Å². The molecule has 140 valence electrons. The molecule has 4 rings (SSSR count). The molecule has 0 aliphatic carbocycles. The number of carbonyl (C=O) groups excluding carboxylic acids is 1. The number of aromatic nitrogens is 3. The van der Waals surface area contributed by atoms with Gasteiger partial charge in [0.25, 0.3) is 5.91 Å². The lowest BCUT2D eigenvalue weighted by Gasteiger charge is -2.12. The Morgan fingerprint density at radius 3 is 2.82 bits per heavy atom. The van der Waals surface area contributed by atoms with Crippen LogP contribution in [0.5, 0.6) is 5.75 Å². The fourth-order valence-corrected chi connectivity index (χ4v) is 2.86. The monoisotopic (exact) mass is 376 g/mol. The Hall–Kier alpha value is -3.74. The van der Waals surface area contributed by atoms with Gasteiger partial charge in [-0.25, -0.2) is 14.4 Å². The molecule has 0 bridgehead atoms. The minimum atomic E-state index is -0.425. The molecule has 1 amide bonds. The zero-order valence-electron chi connectivity index (χ0n) is 15.3. The first-order chi connectivity index (χ1) is 13.5. The number of imidazole rings is 1. The lowest BCUT2D eigenvalue weighted by atomic mass is 10.1. The van der Waals surface area contributed by atoms with E-state index in [2.05, 4.69) is 15.3 Å². The van der Waals surface area contributed by atoms with Crippen molar-refractivity contribution in [1.82, 2.24) is 14.4 Å². The van der Waals surface area contributed by atoms with Gasteiger partial charge in [-0.2, -0.15) is 0 Å². The van der Waals surface area contributed by atoms with E-state index in [-0.39, 0.29) is 5.56 Å². The molecule has 0 saturated heterocycles. The summed E-state index contributed by atoms with van der Waals surface area (Å²) in [7, 11) is 1.52. The number of halogens is 1. The van der Waals surface area contributed by atoms with Crippen molar-refractivity contribution in [3.8, 4) is 17.0 Å². The normalized spacial score (nSPS) is 10.8. The van der Waals surface area contributed by atoms with E-state index in [1.807, 2.05) is 28.9 Å². The van der Waals surface area contributed by atoms with E-state index in [1.165, 1.54) is 13.2 Å². The Balaban J connectivity index is 1.68. The first-order valence-electron chi connectivity index (χ1n) is 8.61. The molecule has 0 spiro atoms. The third-order valence-corrected chi connectivity index (χ3v) is 4.41. The van der Waals surface area contributed by atoms with Crippen molar-refractivity contribution < 1.29 is 13.9 Å². The fraction of sp³-hybridized carbons (Fsp3) is 0.0952. The van der Waals surface area contributed by atoms with Crippen LogP contribution in [0.4, 0.5) is 10.1 Å². The molecule has 0 saturated carbocycles. The van der Waals surface area contributed by atoms with E-state index in [0.717, 1.165) is 5.56 Å². The number of fused-ring (bicyclic) bond motifs is 1. The van der Waals surface area contributed by atoms with Crippen LogP contribution in [0.25, 0.3) is 17.0 Å². The molecular weight excluding hydrogens is 359 g/mol. The molecule has 2 aromatic heterocycles. The summed E-state index contributed by atoms with van der Waals surface area (Å²) in [5.41, 5.74) is 2.68. The molecule has 7 heteroatoms. The maximum atomic E-state index is 13.8. The highest BCUT2D eigenvalue weighted by Crippen LogP contribution is 2.30. The van der Waals surface area contributed by atoms with E-state index in [9.17, 15) is 9.18 Å². The Morgan fingerprint density at radius 2 is 2.07 bits per heavy atom. The standard InChI is InChI=1S/C21H17FN4O2/c1-13-4-5-15(10-16(13)22)20(27)24-17-11-14(6-7-19(17)28-2)18-12-26-9-3-8-23-21(26)25-18/h3-12H,1-2H3,(H,24,27). The van der Waals surface area contributed by atoms with Gasteiger partial charge in [0.1, 0.15) is 11.6 Å². The van der Waals surface area contributed by atoms with E-state index >= 15 is 0 Å². The number of anilines is 1. The van der Waals surface area contributed by atoms with Crippen LogP contribution in [0.1, 0.15) is 15.9 Å². The molecule has 0 fully saturated rings. The van der Waals surface area contributed by atoms with Crippen LogP contribution in [0.2, 0.25) is 0 Å². The number of hydrogen-bond donors (Lipinski definition) is 1. The third kappa shape index (κ3) is 3.29. The molecule has 0 atom stereocenters. The number of rotatable bonds is 4. The number of ether oxygens (including phenoxy) is 1. The van der Waals surface area contributed by atoms with Crippen LogP contribution in [-0.4, -0.2) is 27.4 Å². The van der Waals surface area contributed by atoms with Gasteiger partial charge in [0.05, 0.1) is 18.5 Å². The van der Waals surface area contributed by atoms with Crippen molar-refractivity contribution >= 4 is 17.4 Å². The highest BCUT2D eigenvalue weighted by atomic mass is 19.1. The Morgan fingerprint density at radius 1 is 1.21 bits per heavy atom. The van der Waals surface area contributed by atoms with Gasteiger partial charge >= 0.3 is 0 Å². The minimum absolute atomic E-state index is 0.229. The number of methoxy groups -OCH3 is 1. The Labute approximate surface area is 160 Å². The summed E-state index contributed by atoms with van der Waals surface area (Å²) < 4.78 is 20.9. The van der Waals surface area contributed by atoms with Crippen molar-refractivity contribution in [2.45, 2.75) is 6.92 Å². The summed E-state index contributed by atoms with van der Waals surface area (Å²) in [6, 6.07) is 11.6. The van der Waals surface area contributed by atoms with Crippen LogP contribution < -0.4 is 10.1 Å². The van der Waals surface area contributed by atoms with Gasteiger partial charge in [0.15, 0.2) is 0 Å². The zero-order valence-corrected chi connectivity index (χ0v) is 15.3. The number of carbonyl (C=O) groups is 1. The van der Waals surface area contributed by atoms with Crippen molar-refractivity contribution in [1.29, 1.82) is 0 Å². The van der Waals surface area contributed by atoms with Gasteiger partial charge in [0, 0.05) is 29.7 Å². The molecule has 0 aliphatic heterocycles. The van der Waals surface area contributed by atoms with Crippen molar-refractivity contribution in [2.24, 2.45) is 0 Å². The third-order valence-electron chi connectivity index (χ3n) is 4.41. The predicted octanol–water partition coefficient (Wildman–Crippen LogP) is 4.10. The molecule has 6 nitrogen and oxygen atoms in total. The van der Waals surface area contributed by atoms with E-state index in [4.69, 9.17) is 4.74 Å². The minimum Gasteiger partial charge on any atom is -0.495 e. The average molecular weight is 376 g/mol. The molecule has 0 radical (unpaired) electrons. The highest BCUT2D eigenvalue weighted by Gasteiger charge is 2.14. The smallest absolute Gasteiger partial charge is 0.255 e. The second-order valence-electron chi connectivity index (χ2n) is 6.29. The number of amides is 1. The summed E-state index contributed by atoms with van der Waals surface area (Å²) in [5, 5.41) is 2.79. The quantitative estimate of drug-likeness (QED) is 0.582. The first kappa shape index (κ1) is 17.7. The van der Waals surface area contributed by atoms with Crippen LogP contribution in [0.3, 0.4) is 0 Å². The SMILES string of the molecule is COc1ccc(-c2cn3cccnc3n2)cc1NC(=O)c1ccc(C)c(F)c1. The molecule has 28 heavy (non-hydrogen) atoms. The Bertz CT molecular complexity index is 1150. The van der Waals surface area contributed by atoms with Gasteiger partial charge in [-0.1, -0.05) is 6.07 Å². The number of hydrogen-bond acceptors (Lipinski definition) is 4. The lowest BCUT2D eigenvalue weighted by molar-refractivity contribution is 0.102. The highest BCUT2D eigenvalue weighted by molar-refractivity contribution is 6.05.